The number of amides is 2. The second-order valence-electron chi connectivity index (χ2n) is 16.0. The van der Waals surface area contributed by atoms with E-state index in [1.807, 2.05) is 111 Å². The first-order chi connectivity index (χ1) is 35.6. The van der Waals surface area contributed by atoms with Crippen molar-refractivity contribution in [3.8, 4) is 0 Å². The molecule has 1 N–H and O–H groups in total. The maximum absolute atomic E-state index is 12.5. The molecule has 16 nitrogen and oxygen atoms in total. The minimum Gasteiger partial charge on any atom is -0.469 e. The summed E-state index contributed by atoms with van der Waals surface area (Å²) in [5.41, 5.74) is 8.41. The molecular formula is C54H60F3N11O5. The zero-order valence-electron chi connectivity index (χ0n) is 40.8. The molecule has 8 aromatic rings. The van der Waals surface area contributed by atoms with Crippen molar-refractivity contribution in [3.63, 3.8) is 0 Å². The smallest absolute Gasteiger partial charge is 0.446 e. The number of carbonyl (C=O) groups is 2. The summed E-state index contributed by atoms with van der Waals surface area (Å²) in [5.74, 6) is 3.76. The maximum Gasteiger partial charge on any atom is 0.446 e. The van der Waals surface area contributed by atoms with Gasteiger partial charge in [0.2, 0.25) is 12.4 Å². The fraction of sp³-hybridized carbons (Fsp3) is 0.315. The van der Waals surface area contributed by atoms with E-state index in [9.17, 15) is 22.8 Å². The number of benzene rings is 2. The molecule has 1 aliphatic carbocycles. The number of aryl methyl sites for hydroxylation is 4. The van der Waals surface area contributed by atoms with Gasteiger partial charge in [-0.15, -0.1) is 20.4 Å². The Kier molecular flexibility index (Phi) is 21.6. The van der Waals surface area contributed by atoms with Gasteiger partial charge in [0.25, 0.3) is 0 Å². The van der Waals surface area contributed by atoms with Crippen molar-refractivity contribution in [2.75, 3.05) is 13.1 Å². The van der Waals surface area contributed by atoms with Crippen molar-refractivity contribution in [2.45, 2.75) is 98.3 Å². The standard InChI is InChI=1S/C24H24N6O2.C17H18N4O.C8H7NO.C2HF3O.C2H6.CH4/c31-24(26-15-18-5-2-1-3-6-18)29-12-10-19(11-13-29)21-16-25-22(30-17-27-28-23(21)30)9-8-20-7-4-14-32-20;1-2-5-13(6-3-1)15-11-18-16(21-12-19-20-17(15)21)9-8-14-7-4-10-22-14;10-7-9-6-8-4-2-1-3-5-8;3-2(4,5)1-6;1-2;/h1-7,10,14,16-17H,8-9,11-13,15H2,(H,26,31);4-5,7,10-12H,1-3,6,8-9H2;1-5H,6H2;1H;1-2H3;1H4/i;;;;1D;. The lowest BCUT2D eigenvalue weighted by Crippen LogP contribution is -2.41. The van der Waals surface area contributed by atoms with Crippen LogP contribution in [-0.4, -0.2) is 81.7 Å². The van der Waals surface area contributed by atoms with Gasteiger partial charge in [0, 0.05) is 70.2 Å². The van der Waals surface area contributed by atoms with Crippen molar-refractivity contribution < 1.29 is 37.8 Å². The summed E-state index contributed by atoms with van der Waals surface area (Å²) in [7, 11) is 0. The number of urea groups is 1. The normalized spacial score (nSPS) is 13.0. The third-order valence-corrected chi connectivity index (χ3v) is 11.2. The van der Waals surface area contributed by atoms with Crippen LogP contribution in [0.3, 0.4) is 0 Å². The number of rotatable bonds is 12. The minimum atomic E-state index is -4.64. The molecule has 19 heteroatoms. The number of halogens is 3. The number of alkyl halides is 3. The summed E-state index contributed by atoms with van der Waals surface area (Å²) in [4.78, 5) is 45.5. The van der Waals surface area contributed by atoms with Crippen molar-refractivity contribution in [2.24, 2.45) is 4.99 Å². The molecule has 0 unspecified atom stereocenters. The molecule has 0 saturated heterocycles. The topological polar surface area (TPSA) is 191 Å². The molecule has 0 saturated carbocycles. The van der Waals surface area contributed by atoms with Gasteiger partial charge in [-0.1, -0.05) is 94.1 Å². The Hall–Kier alpha value is -8.31. The molecule has 2 aliphatic rings. The third kappa shape index (κ3) is 16.9. The Morgan fingerprint density at radius 2 is 1.32 bits per heavy atom. The average molecular weight is 1000 g/mol. The summed E-state index contributed by atoms with van der Waals surface area (Å²) in [5, 5.41) is 19.8. The van der Waals surface area contributed by atoms with Crippen molar-refractivity contribution >= 4 is 40.8 Å². The first-order valence-electron chi connectivity index (χ1n) is 24.1. The van der Waals surface area contributed by atoms with Gasteiger partial charge in [-0.3, -0.25) is 13.6 Å². The van der Waals surface area contributed by atoms with Crippen LogP contribution in [0.15, 0.2) is 148 Å². The number of allylic oxidation sites excluding steroid dienone is 2. The lowest BCUT2D eigenvalue weighted by atomic mass is 9.95. The Labute approximate surface area is 423 Å². The molecule has 2 aromatic carbocycles. The van der Waals surface area contributed by atoms with E-state index in [0.29, 0.717) is 33.1 Å². The van der Waals surface area contributed by atoms with Crippen LogP contribution < -0.4 is 5.32 Å². The third-order valence-electron chi connectivity index (χ3n) is 11.2. The van der Waals surface area contributed by atoms with Crippen LogP contribution in [0.2, 0.25) is 0 Å². The molecule has 0 fully saturated rings. The first kappa shape index (κ1) is 54.0. The molecule has 6 aromatic heterocycles. The van der Waals surface area contributed by atoms with E-state index in [-0.39, 0.29) is 13.5 Å². The van der Waals surface area contributed by atoms with E-state index in [4.69, 9.17) is 15.0 Å². The van der Waals surface area contributed by atoms with E-state index < -0.39 is 12.5 Å². The highest BCUT2D eigenvalue weighted by atomic mass is 19.4. The van der Waals surface area contributed by atoms with Crippen LogP contribution in [0.5, 0.6) is 0 Å². The lowest BCUT2D eigenvalue weighted by molar-refractivity contribution is -0.156. The molecule has 2 amide bonds. The summed E-state index contributed by atoms with van der Waals surface area (Å²) < 4.78 is 52.2. The zero-order valence-corrected chi connectivity index (χ0v) is 39.8. The van der Waals surface area contributed by atoms with Crippen LogP contribution >= 0.6 is 0 Å². The highest BCUT2D eigenvalue weighted by Gasteiger charge is 2.25. The first-order valence-corrected chi connectivity index (χ1v) is 23.4. The number of hydrogen-bond donors (Lipinski definition) is 1. The van der Waals surface area contributed by atoms with Gasteiger partial charge in [0.05, 0.1) is 19.1 Å². The molecule has 10 rings (SSSR count). The van der Waals surface area contributed by atoms with E-state index in [0.717, 1.165) is 107 Å². The molecule has 1 aliphatic heterocycles. The molecule has 73 heavy (non-hydrogen) atoms. The van der Waals surface area contributed by atoms with Crippen LogP contribution in [0.1, 0.15) is 100 Å². The molecule has 382 valence electrons. The number of carbonyl (C=O) groups excluding carboxylic acids is 3. The van der Waals surface area contributed by atoms with E-state index >= 15 is 0 Å². The Balaban J connectivity index is 0.000000207. The van der Waals surface area contributed by atoms with Crippen LogP contribution in [-0.2, 0) is 48.4 Å². The number of nitrogens with zero attached hydrogens (tertiary/aromatic N) is 10. The summed E-state index contributed by atoms with van der Waals surface area (Å²) in [6, 6.07) is 27.2. The van der Waals surface area contributed by atoms with Crippen molar-refractivity contribution in [1.29, 1.82) is 0 Å². The molecule has 7 heterocycles. The number of nitrogens with one attached hydrogen (secondary N) is 1. The fourth-order valence-electron chi connectivity index (χ4n) is 7.71. The van der Waals surface area contributed by atoms with Crippen molar-refractivity contribution in [1.82, 2.24) is 49.4 Å². The van der Waals surface area contributed by atoms with Gasteiger partial charge in [-0.25, -0.2) is 24.5 Å². The van der Waals surface area contributed by atoms with E-state index in [1.165, 1.54) is 24.5 Å². The summed E-state index contributed by atoms with van der Waals surface area (Å²) in [6.45, 7) is 4.45. The molecule has 0 spiro atoms. The predicted octanol–water partition coefficient (Wildman–Crippen LogP) is 10.9. The Morgan fingerprint density at radius 1 is 0.781 bits per heavy atom. The van der Waals surface area contributed by atoms with Crippen molar-refractivity contribution in [3.05, 3.63) is 180 Å². The number of fused-ring (bicyclic) bond motifs is 2. The van der Waals surface area contributed by atoms with Gasteiger partial charge in [-0.05, 0) is 78.6 Å². The zero-order chi connectivity index (χ0) is 51.7. The van der Waals surface area contributed by atoms with Gasteiger partial charge in [0.15, 0.2) is 11.3 Å². The Morgan fingerprint density at radius 3 is 1.77 bits per heavy atom. The van der Waals surface area contributed by atoms with Gasteiger partial charge in [-0.2, -0.15) is 13.2 Å². The quantitative estimate of drug-likeness (QED) is 0.0696. The highest BCUT2D eigenvalue weighted by Crippen LogP contribution is 2.29. The average Bonchev–Trinajstić information content (AvgIpc) is 4.30. The van der Waals surface area contributed by atoms with E-state index in [1.54, 1.807) is 32.1 Å². The molecular weight excluding hydrogens is 940 g/mol. The largest absolute Gasteiger partial charge is 0.469 e. The second kappa shape index (κ2) is 29.1. The van der Waals surface area contributed by atoms with Gasteiger partial charge >= 0.3 is 12.2 Å². The highest BCUT2D eigenvalue weighted by molar-refractivity contribution is 5.79. The van der Waals surface area contributed by atoms with Crippen LogP contribution in [0, 0.1) is 0 Å². The summed E-state index contributed by atoms with van der Waals surface area (Å²) >= 11 is 0. The molecule has 0 atom stereocenters. The van der Waals surface area contributed by atoms with Gasteiger partial charge < -0.3 is 19.1 Å². The number of aliphatic imine (C=N–C) groups is 1. The molecule has 0 bridgehead atoms. The number of aldehydes is 1. The predicted molar refractivity (Wildman–Crippen MR) is 272 cm³/mol. The lowest BCUT2D eigenvalue weighted by Gasteiger charge is -2.27. The monoisotopic (exact) mass is 1000 g/mol. The van der Waals surface area contributed by atoms with Gasteiger partial charge in [0.1, 0.15) is 35.8 Å². The number of furan rings is 2. The van der Waals surface area contributed by atoms with Crippen LogP contribution in [0.4, 0.5) is 18.0 Å². The number of aromatic nitrogens is 8. The molecule has 0 radical (unpaired) electrons. The minimum absolute atomic E-state index is 0. The van der Waals surface area contributed by atoms with E-state index in [2.05, 4.69) is 52.8 Å². The Bertz CT molecular complexity index is 3030. The number of hydrogen-bond acceptors (Lipinski definition) is 12. The number of isocyanates is 1. The fourth-order valence-corrected chi connectivity index (χ4v) is 7.71. The maximum atomic E-state index is 12.5. The second-order valence-corrected chi connectivity index (χ2v) is 16.0. The summed E-state index contributed by atoms with van der Waals surface area (Å²) in [6.07, 6.45) is 19.5. The SMILES string of the molecule is C.C1=C(c2cnc(CCc3ccco3)n3cnnc23)CCCC1.O=C(NCc1ccccc1)N1CC=C(c2cnc(CCc3ccco3)n3cnnc23)CC1.O=C=NCc1ccccc1.O=CC(F)(F)F.[2H]CC. The van der Waals surface area contributed by atoms with Crippen LogP contribution in [0.25, 0.3) is 22.4 Å².